The fraction of sp³-hybridized carbons (Fsp3) is 0.0769. The summed E-state index contributed by atoms with van der Waals surface area (Å²) in [7, 11) is 0. The molecule has 0 heterocycles. The quantitative estimate of drug-likeness (QED) is 0.721. The molecule has 1 atom stereocenters. The minimum absolute atomic E-state index is 0.177. The van der Waals surface area contributed by atoms with Gasteiger partial charge in [0.2, 0.25) is 0 Å². The summed E-state index contributed by atoms with van der Waals surface area (Å²) in [5.41, 5.74) is 0.721. The fourth-order valence-corrected chi connectivity index (χ4v) is 2.27. The average Bonchev–Trinajstić information content (AvgIpc) is 2.32. The van der Waals surface area contributed by atoms with Crippen molar-refractivity contribution in [2.45, 2.75) is 6.10 Å². The van der Waals surface area contributed by atoms with Gasteiger partial charge in [0, 0.05) is 14.2 Å². The Bertz CT molecular complexity index is 589. The van der Waals surface area contributed by atoms with Crippen LogP contribution in [0, 0.1) is 9.39 Å². The van der Waals surface area contributed by atoms with E-state index in [4.69, 9.17) is 23.2 Å². The van der Waals surface area contributed by atoms with Gasteiger partial charge in [0.15, 0.2) is 0 Å². The van der Waals surface area contributed by atoms with E-state index in [1.54, 1.807) is 18.2 Å². The molecule has 0 amide bonds. The van der Waals surface area contributed by atoms with Crippen molar-refractivity contribution < 1.29 is 9.50 Å². The van der Waals surface area contributed by atoms with Gasteiger partial charge in [0.1, 0.15) is 11.9 Å². The second-order valence-electron chi connectivity index (χ2n) is 3.74. The minimum Gasteiger partial charge on any atom is -0.384 e. The maximum absolute atomic E-state index is 13.7. The predicted octanol–water partition coefficient (Wildman–Crippen LogP) is 4.82. The van der Waals surface area contributed by atoms with Gasteiger partial charge in [0.25, 0.3) is 0 Å². The van der Waals surface area contributed by atoms with Gasteiger partial charge in [-0.3, -0.25) is 0 Å². The summed E-state index contributed by atoms with van der Waals surface area (Å²) in [5.74, 6) is -0.537. The van der Waals surface area contributed by atoms with Gasteiger partial charge in [-0.05, 0) is 52.4 Å². The van der Waals surface area contributed by atoms with Crippen molar-refractivity contribution in [1.82, 2.24) is 0 Å². The van der Waals surface area contributed by atoms with Gasteiger partial charge in [0.05, 0.1) is 5.02 Å². The van der Waals surface area contributed by atoms with Crippen molar-refractivity contribution >= 4 is 45.8 Å². The lowest BCUT2D eigenvalue weighted by Gasteiger charge is -2.13. The van der Waals surface area contributed by atoms with Crippen LogP contribution in [0.4, 0.5) is 4.39 Å². The van der Waals surface area contributed by atoms with Gasteiger partial charge < -0.3 is 5.11 Å². The summed E-state index contributed by atoms with van der Waals surface area (Å²) in [6.07, 6.45) is -1.06. The molecule has 2 aromatic rings. The van der Waals surface area contributed by atoms with Gasteiger partial charge >= 0.3 is 0 Å². The molecule has 18 heavy (non-hydrogen) atoms. The molecule has 1 nitrogen and oxygen atoms in total. The Kier molecular flexibility index (Phi) is 4.48. The van der Waals surface area contributed by atoms with Crippen LogP contribution in [0.2, 0.25) is 10.0 Å². The van der Waals surface area contributed by atoms with Gasteiger partial charge in [-0.15, -0.1) is 0 Å². The van der Waals surface area contributed by atoms with Crippen molar-refractivity contribution in [3.63, 3.8) is 0 Å². The summed E-state index contributed by atoms with van der Waals surface area (Å²) >= 11 is 13.7. The number of halogens is 4. The average molecular weight is 397 g/mol. The minimum atomic E-state index is -1.06. The normalized spacial score (nSPS) is 12.5. The highest BCUT2D eigenvalue weighted by atomic mass is 127. The molecule has 0 spiro atoms. The lowest BCUT2D eigenvalue weighted by Crippen LogP contribution is -2.02. The van der Waals surface area contributed by atoms with Crippen LogP contribution in [0.25, 0.3) is 0 Å². The van der Waals surface area contributed by atoms with Crippen LogP contribution in [0.1, 0.15) is 17.2 Å². The van der Waals surface area contributed by atoms with Crippen molar-refractivity contribution in [3.8, 4) is 0 Å². The first-order valence-electron chi connectivity index (χ1n) is 5.07. The third-order valence-electron chi connectivity index (χ3n) is 2.52. The van der Waals surface area contributed by atoms with Gasteiger partial charge in [-0.25, -0.2) is 4.39 Å². The molecule has 0 radical (unpaired) electrons. The van der Waals surface area contributed by atoms with Crippen LogP contribution in [-0.4, -0.2) is 5.11 Å². The van der Waals surface area contributed by atoms with E-state index < -0.39 is 11.9 Å². The van der Waals surface area contributed by atoms with Crippen LogP contribution in [0.15, 0.2) is 36.4 Å². The van der Waals surface area contributed by atoms with Crippen molar-refractivity contribution in [2.24, 2.45) is 0 Å². The third kappa shape index (κ3) is 2.96. The Morgan fingerprint density at radius 3 is 2.44 bits per heavy atom. The van der Waals surface area contributed by atoms with Crippen molar-refractivity contribution in [3.05, 3.63) is 67.0 Å². The van der Waals surface area contributed by atoms with E-state index in [1.165, 1.54) is 18.2 Å². The smallest absolute Gasteiger partial charge is 0.130 e. The molecule has 2 aromatic carbocycles. The van der Waals surface area contributed by atoms with E-state index >= 15 is 0 Å². The van der Waals surface area contributed by atoms with E-state index in [0.717, 1.165) is 3.57 Å². The van der Waals surface area contributed by atoms with Crippen molar-refractivity contribution in [2.75, 3.05) is 0 Å². The molecule has 2 rings (SSSR count). The predicted molar refractivity (Wildman–Crippen MR) is 79.6 cm³/mol. The SMILES string of the molecule is OC(c1ccc(I)c(Cl)c1)c1ccc(Cl)cc1F. The Hall–Kier alpha value is -0.360. The third-order valence-corrected chi connectivity index (χ3v) is 4.32. The molecule has 94 valence electrons. The number of aliphatic hydroxyl groups is 1. The zero-order valence-corrected chi connectivity index (χ0v) is 12.7. The lowest BCUT2D eigenvalue weighted by molar-refractivity contribution is 0.215. The Morgan fingerprint density at radius 1 is 1.11 bits per heavy atom. The van der Waals surface area contributed by atoms with Gasteiger partial charge in [-0.1, -0.05) is 35.3 Å². The first-order chi connectivity index (χ1) is 8.49. The Balaban J connectivity index is 2.41. The van der Waals surface area contributed by atoms with Gasteiger partial charge in [-0.2, -0.15) is 0 Å². The molecule has 0 bridgehead atoms. The van der Waals surface area contributed by atoms with Crippen molar-refractivity contribution in [1.29, 1.82) is 0 Å². The molecule has 0 fully saturated rings. The number of hydrogen-bond donors (Lipinski definition) is 1. The fourth-order valence-electron chi connectivity index (χ4n) is 1.59. The molecule has 0 aromatic heterocycles. The molecule has 0 aliphatic heterocycles. The molecule has 1 N–H and O–H groups in total. The summed E-state index contributed by atoms with van der Waals surface area (Å²) in [5, 5.41) is 11.0. The highest BCUT2D eigenvalue weighted by Crippen LogP contribution is 2.29. The molecule has 0 saturated carbocycles. The highest BCUT2D eigenvalue weighted by Gasteiger charge is 2.16. The molecule has 1 unspecified atom stereocenters. The Morgan fingerprint density at radius 2 is 1.83 bits per heavy atom. The largest absolute Gasteiger partial charge is 0.384 e. The van der Waals surface area contributed by atoms with Crippen LogP contribution < -0.4 is 0 Å². The van der Waals surface area contributed by atoms with Crippen LogP contribution in [-0.2, 0) is 0 Å². The monoisotopic (exact) mass is 396 g/mol. The zero-order chi connectivity index (χ0) is 13.3. The van der Waals surface area contributed by atoms with E-state index in [-0.39, 0.29) is 5.56 Å². The lowest BCUT2D eigenvalue weighted by atomic mass is 10.0. The molecular formula is C13H8Cl2FIO. The van der Waals surface area contributed by atoms with Crippen LogP contribution in [0.5, 0.6) is 0 Å². The summed E-state index contributed by atoms with van der Waals surface area (Å²) in [4.78, 5) is 0. The molecule has 0 aliphatic rings. The first-order valence-corrected chi connectivity index (χ1v) is 6.90. The summed E-state index contributed by atoms with van der Waals surface area (Å²) in [6.45, 7) is 0. The van der Waals surface area contributed by atoms with E-state index in [1.807, 2.05) is 0 Å². The number of rotatable bonds is 2. The first kappa shape index (κ1) is 14.1. The van der Waals surface area contributed by atoms with Crippen LogP contribution >= 0.6 is 45.8 Å². The maximum Gasteiger partial charge on any atom is 0.130 e. The Labute approximate surface area is 128 Å². The second kappa shape index (κ2) is 5.74. The molecule has 5 heteroatoms. The number of aliphatic hydroxyl groups excluding tert-OH is 1. The maximum atomic E-state index is 13.7. The topological polar surface area (TPSA) is 20.2 Å². The van der Waals surface area contributed by atoms with Crippen LogP contribution in [0.3, 0.4) is 0 Å². The standard InChI is InChI=1S/C13H8Cl2FIO/c14-8-2-3-9(11(16)6-8)13(18)7-1-4-12(17)10(15)5-7/h1-6,13,18H. The summed E-state index contributed by atoms with van der Waals surface area (Å²) in [6, 6.07) is 9.30. The van der Waals surface area contributed by atoms with E-state index in [0.29, 0.717) is 15.6 Å². The number of hydrogen-bond acceptors (Lipinski definition) is 1. The number of benzene rings is 2. The van der Waals surface area contributed by atoms with E-state index in [9.17, 15) is 9.50 Å². The molecular weight excluding hydrogens is 389 g/mol. The molecule has 0 aliphatic carbocycles. The molecule has 0 saturated heterocycles. The second-order valence-corrected chi connectivity index (χ2v) is 5.75. The summed E-state index contributed by atoms with van der Waals surface area (Å²) < 4.78 is 14.6. The highest BCUT2D eigenvalue weighted by molar-refractivity contribution is 14.1. The zero-order valence-electron chi connectivity index (χ0n) is 9.00. The van der Waals surface area contributed by atoms with E-state index in [2.05, 4.69) is 22.6 Å².